The van der Waals surface area contributed by atoms with E-state index in [0.29, 0.717) is 11.7 Å². The summed E-state index contributed by atoms with van der Waals surface area (Å²) in [7, 11) is 3.75. The SMILES string of the molecule is CN1CCNCC1c1noc(CN2C(=O)N(C)C3(CCCCC3)C2=O)n1. The van der Waals surface area contributed by atoms with Crippen LogP contribution in [0.5, 0.6) is 0 Å². The summed E-state index contributed by atoms with van der Waals surface area (Å²) < 4.78 is 5.36. The van der Waals surface area contributed by atoms with Gasteiger partial charge in [-0.05, 0) is 19.9 Å². The Hall–Kier alpha value is -2.00. The smallest absolute Gasteiger partial charge is 0.327 e. The third-order valence-electron chi connectivity index (χ3n) is 6.07. The van der Waals surface area contributed by atoms with Gasteiger partial charge in [0.05, 0.1) is 6.04 Å². The van der Waals surface area contributed by atoms with Gasteiger partial charge in [0.25, 0.3) is 5.91 Å². The Morgan fingerprint density at radius 1 is 1.23 bits per heavy atom. The lowest BCUT2D eigenvalue weighted by molar-refractivity contribution is -0.135. The van der Waals surface area contributed by atoms with Crippen LogP contribution in [0.4, 0.5) is 4.79 Å². The number of carbonyl (C=O) groups excluding carboxylic acids is 2. The highest BCUT2D eigenvalue weighted by Gasteiger charge is 2.55. The maximum absolute atomic E-state index is 13.0. The molecule has 1 atom stereocenters. The third-order valence-corrected chi connectivity index (χ3v) is 6.07. The molecule has 142 valence electrons. The second-order valence-electron chi connectivity index (χ2n) is 7.57. The molecule has 1 aromatic rings. The first-order chi connectivity index (χ1) is 12.5. The van der Waals surface area contributed by atoms with Crippen molar-refractivity contribution >= 4 is 11.9 Å². The molecule has 3 aliphatic rings. The lowest BCUT2D eigenvalue weighted by Crippen LogP contribution is -2.49. The van der Waals surface area contributed by atoms with Crippen molar-refractivity contribution < 1.29 is 14.1 Å². The van der Waals surface area contributed by atoms with Gasteiger partial charge in [0.15, 0.2) is 5.82 Å². The number of hydrogen-bond donors (Lipinski definition) is 1. The van der Waals surface area contributed by atoms with Crippen LogP contribution in [0, 0.1) is 0 Å². The number of imide groups is 1. The number of aromatic nitrogens is 2. The minimum absolute atomic E-state index is 0.0404. The van der Waals surface area contributed by atoms with Crippen LogP contribution in [0.25, 0.3) is 0 Å². The predicted molar refractivity (Wildman–Crippen MR) is 92.1 cm³/mol. The summed E-state index contributed by atoms with van der Waals surface area (Å²) in [5, 5.41) is 7.39. The standard InChI is InChI=1S/C17H26N6O3/c1-21-9-8-18-10-12(21)14-19-13(26-20-14)11-23-15(24)17(22(2)16(23)25)6-4-3-5-7-17/h12,18H,3-11H2,1-2H3. The van der Waals surface area contributed by atoms with Crippen molar-refractivity contribution in [3.63, 3.8) is 0 Å². The van der Waals surface area contributed by atoms with Crippen LogP contribution in [0.2, 0.25) is 0 Å². The van der Waals surface area contributed by atoms with E-state index in [-0.39, 0.29) is 24.5 Å². The summed E-state index contributed by atoms with van der Waals surface area (Å²) in [5.74, 6) is 0.775. The highest BCUT2D eigenvalue weighted by molar-refractivity contribution is 6.06. The van der Waals surface area contributed by atoms with Gasteiger partial charge in [-0.2, -0.15) is 4.98 Å². The first-order valence-electron chi connectivity index (χ1n) is 9.36. The maximum atomic E-state index is 13.0. The molecule has 1 aromatic heterocycles. The van der Waals surface area contributed by atoms with E-state index in [1.165, 1.54) is 4.90 Å². The maximum Gasteiger partial charge on any atom is 0.327 e. The zero-order chi connectivity index (χ0) is 18.3. The molecule has 1 N–H and O–H groups in total. The fourth-order valence-electron chi connectivity index (χ4n) is 4.37. The number of piperazine rings is 1. The number of nitrogens with one attached hydrogen (secondary N) is 1. The van der Waals surface area contributed by atoms with Crippen LogP contribution in [0.1, 0.15) is 49.9 Å². The van der Waals surface area contributed by atoms with Crippen molar-refractivity contribution in [2.24, 2.45) is 0 Å². The summed E-state index contributed by atoms with van der Waals surface area (Å²) >= 11 is 0. The van der Waals surface area contributed by atoms with E-state index < -0.39 is 5.54 Å². The minimum Gasteiger partial charge on any atom is -0.337 e. The Balaban J connectivity index is 1.50. The topological polar surface area (TPSA) is 94.8 Å². The summed E-state index contributed by atoms with van der Waals surface area (Å²) in [4.78, 5) is 35.2. The summed E-state index contributed by atoms with van der Waals surface area (Å²) in [6, 6.07) is -0.230. The van der Waals surface area contributed by atoms with Crippen molar-refractivity contribution in [3.8, 4) is 0 Å². The molecule has 3 heterocycles. The molecule has 3 fully saturated rings. The van der Waals surface area contributed by atoms with E-state index in [9.17, 15) is 9.59 Å². The zero-order valence-corrected chi connectivity index (χ0v) is 15.4. The van der Waals surface area contributed by atoms with Gasteiger partial charge < -0.3 is 14.7 Å². The molecule has 3 amide bonds. The van der Waals surface area contributed by atoms with E-state index in [0.717, 1.165) is 51.7 Å². The monoisotopic (exact) mass is 362 g/mol. The summed E-state index contributed by atoms with van der Waals surface area (Å²) in [6.07, 6.45) is 4.54. The number of hydrogen-bond acceptors (Lipinski definition) is 7. The molecule has 2 saturated heterocycles. The van der Waals surface area contributed by atoms with Crippen molar-refractivity contribution in [1.29, 1.82) is 0 Å². The third kappa shape index (κ3) is 2.69. The zero-order valence-electron chi connectivity index (χ0n) is 15.4. The normalized spacial score (nSPS) is 26.9. The van der Waals surface area contributed by atoms with Crippen LogP contribution in [-0.4, -0.2) is 76.0 Å². The fraction of sp³-hybridized carbons (Fsp3) is 0.765. The predicted octanol–water partition coefficient (Wildman–Crippen LogP) is 0.743. The number of carbonyl (C=O) groups is 2. The van der Waals surface area contributed by atoms with Crippen molar-refractivity contribution in [1.82, 2.24) is 30.2 Å². The molecule has 4 rings (SSSR count). The van der Waals surface area contributed by atoms with Gasteiger partial charge >= 0.3 is 6.03 Å². The highest BCUT2D eigenvalue weighted by atomic mass is 16.5. The number of likely N-dealkylation sites (N-methyl/N-ethyl adjacent to an activating group) is 2. The second kappa shape index (κ2) is 6.62. The molecule has 0 radical (unpaired) electrons. The Morgan fingerprint density at radius 3 is 2.73 bits per heavy atom. The second-order valence-corrected chi connectivity index (χ2v) is 7.57. The molecular formula is C17H26N6O3. The molecule has 1 saturated carbocycles. The number of rotatable bonds is 3. The van der Waals surface area contributed by atoms with Crippen LogP contribution in [0.3, 0.4) is 0 Å². The summed E-state index contributed by atoms with van der Waals surface area (Å²) in [5.41, 5.74) is -0.675. The molecule has 0 bridgehead atoms. The van der Waals surface area contributed by atoms with Gasteiger partial charge in [-0.15, -0.1) is 0 Å². The summed E-state index contributed by atoms with van der Waals surface area (Å²) in [6.45, 7) is 2.64. The van der Waals surface area contributed by atoms with Crippen molar-refractivity contribution in [2.75, 3.05) is 33.7 Å². The average Bonchev–Trinajstić information content (AvgIpc) is 3.18. The van der Waals surface area contributed by atoms with Crippen molar-refractivity contribution in [3.05, 3.63) is 11.7 Å². The highest BCUT2D eigenvalue weighted by Crippen LogP contribution is 2.39. The molecule has 26 heavy (non-hydrogen) atoms. The van der Waals surface area contributed by atoms with Gasteiger partial charge in [-0.25, -0.2) is 4.79 Å². The molecule has 9 nitrogen and oxygen atoms in total. The molecule has 1 unspecified atom stereocenters. The first kappa shape index (κ1) is 17.4. The van der Waals surface area contributed by atoms with Crippen LogP contribution >= 0.6 is 0 Å². The van der Waals surface area contributed by atoms with E-state index in [4.69, 9.17) is 4.52 Å². The Labute approximate surface area is 152 Å². The van der Waals surface area contributed by atoms with Gasteiger partial charge in [-0.1, -0.05) is 24.4 Å². The number of nitrogens with zero attached hydrogens (tertiary/aromatic N) is 5. The van der Waals surface area contributed by atoms with Gasteiger partial charge in [0, 0.05) is 26.7 Å². The van der Waals surface area contributed by atoms with E-state index in [1.54, 1.807) is 11.9 Å². The lowest BCUT2D eigenvalue weighted by atomic mass is 9.81. The molecule has 2 aliphatic heterocycles. The van der Waals surface area contributed by atoms with E-state index in [2.05, 4.69) is 20.4 Å². The lowest BCUT2D eigenvalue weighted by Gasteiger charge is -2.35. The van der Waals surface area contributed by atoms with Gasteiger partial charge in [-0.3, -0.25) is 14.6 Å². The number of amides is 3. The van der Waals surface area contributed by atoms with Crippen molar-refractivity contribution in [2.45, 2.75) is 50.2 Å². The first-order valence-corrected chi connectivity index (χ1v) is 9.36. The van der Waals surface area contributed by atoms with E-state index >= 15 is 0 Å². The van der Waals surface area contributed by atoms with Crippen LogP contribution in [0.15, 0.2) is 4.52 Å². The number of urea groups is 1. The quantitative estimate of drug-likeness (QED) is 0.793. The van der Waals surface area contributed by atoms with Gasteiger partial charge in [0.2, 0.25) is 5.89 Å². The fourth-order valence-corrected chi connectivity index (χ4v) is 4.37. The molecule has 1 spiro atoms. The van der Waals surface area contributed by atoms with Crippen LogP contribution < -0.4 is 5.32 Å². The molecular weight excluding hydrogens is 336 g/mol. The van der Waals surface area contributed by atoms with E-state index in [1.807, 2.05) is 7.05 Å². The molecule has 9 heteroatoms. The largest absolute Gasteiger partial charge is 0.337 e. The Bertz CT molecular complexity index is 698. The van der Waals surface area contributed by atoms with Crippen LogP contribution in [-0.2, 0) is 11.3 Å². The molecule has 1 aliphatic carbocycles. The Morgan fingerprint density at radius 2 is 2.00 bits per heavy atom. The average molecular weight is 362 g/mol. The minimum atomic E-state index is -0.675. The molecule has 0 aromatic carbocycles. The Kier molecular flexibility index (Phi) is 4.44. The van der Waals surface area contributed by atoms with Gasteiger partial charge in [0.1, 0.15) is 12.1 Å².